The Morgan fingerprint density at radius 2 is 1.71 bits per heavy atom. The van der Waals surface area contributed by atoms with Gasteiger partial charge in [-0.2, -0.15) is 0 Å². The van der Waals surface area contributed by atoms with E-state index in [0.717, 1.165) is 21.7 Å². The van der Waals surface area contributed by atoms with Crippen LogP contribution in [0.3, 0.4) is 0 Å². The molecule has 0 amide bonds. The van der Waals surface area contributed by atoms with E-state index in [1.165, 1.54) is 0 Å². The summed E-state index contributed by atoms with van der Waals surface area (Å²) >= 11 is 0. The second kappa shape index (κ2) is 5.57. The van der Waals surface area contributed by atoms with E-state index >= 15 is 0 Å². The molecule has 28 heavy (non-hydrogen) atoms. The lowest BCUT2D eigenvalue weighted by Gasteiger charge is -2.00. The number of fused-ring (bicyclic) bond motifs is 6. The molecular formula is C23H14N2O3. The Labute approximate surface area is 159 Å². The van der Waals surface area contributed by atoms with Crippen molar-refractivity contribution in [1.29, 1.82) is 0 Å². The second-order valence-electron chi connectivity index (χ2n) is 6.76. The molecule has 1 aliphatic rings. The summed E-state index contributed by atoms with van der Waals surface area (Å²) in [6.07, 6.45) is 2.01. The Balaban J connectivity index is 1.90. The van der Waals surface area contributed by atoms with Crippen LogP contribution in [0.15, 0.2) is 71.5 Å². The molecular weight excluding hydrogens is 352 g/mol. The summed E-state index contributed by atoms with van der Waals surface area (Å²) in [6, 6.07) is 21.2. The normalized spacial score (nSPS) is 13.8. The molecule has 3 heterocycles. The minimum Gasteiger partial charge on any atom is -0.454 e. The summed E-state index contributed by atoms with van der Waals surface area (Å²) in [6.45, 7) is 0.168. The fraction of sp³-hybridized carbons (Fsp3) is 0.0435. The van der Waals surface area contributed by atoms with Gasteiger partial charge in [-0.3, -0.25) is 9.20 Å². The van der Waals surface area contributed by atoms with Gasteiger partial charge in [-0.05, 0) is 35.9 Å². The maximum absolute atomic E-state index is 13.4. The standard InChI is InChI=1S/C23H14N2O3/c26-23-15-8-4-5-9-17(15)24-22-20-16(10-11-19-21(20)28-13-27-19)18(25(22)23)12-14-6-2-1-3-7-14/h1-12H,13H2/b18-12+. The number of hydrogen-bond donors (Lipinski definition) is 0. The van der Waals surface area contributed by atoms with Crippen LogP contribution in [0.1, 0.15) is 5.56 Å². The van der Waals surface area contributed by atoms with Crippen LogP contribution in [-0.2, 0) is 0 Å². The lowest BCUT2D eigenvalue weighted by Crippen LogP contribution is -2.24. The minimum absolute atomic E-state index is 0.0911. The fourth-order valence-corrected chi connectivity index (χ4v) is 3.90. The molecule has 0 saturated carbocycles. The molecule has 5 aromatic rings. The topological polar surface area (TPSA) is 52.8 Å². The summed E-state index contributed by atoms with van der Waals surface area (Å²) in [5.74, 6) is 1.32. The smallest absolute Gasteiger partial charge is 0.266 e. The van der Waals surface area contributed by atoms with Crippen molar-refractivity contribution in [3.8, 4) is 11.5 Å². The maximum atomic E-state index is 13.4. The van der Waals surface area contributed by atoms with Gasteiger partial charge in [-0.25, -0.2) is 4.98 Å². The molecule has 134 valence electrons. The number of rotatable bonds is 1. The molecule has 3 aromatic carbocycles. The predicted octanol–water partition coefficient (Wildman–Crippen LogP) is 3.28. The quantitative estimate of drug-likeness (QED) is 0.457. The number of aromatic nitrogens is 2. The molecule has 5 nitrogen and oxygen atoms in total. The van der Waals surface area contributed by atoms with E-state index in [2.05, 4.69) is 0 Å². The first kappa shape index (κ1) is 15.2. The Kier molecular flexibility index (Phi) is 3.03. The molecule has 0 fully saturated rings. The van der Waals surface area contributed by atoms with Gasteiger partial charge < -0.3 is 9.47 Å². The zero-order valence-corrected chi connectivity index (χ0v) is 14.8. The molecule has 5 heteroatoms. The zero-order valence-electron chi connectivity index (χ0n) is 14.8. The largest absolute Gasteiger partial charge is 0.454 e. The van der Waals surface area contributed by atoms with Crippen molar-refractivity contribution in [2.45, 2.75) is 0 Å². The highest BCUT2D eigenvalue weighted by molar-refractivity contribution is 6.04. The Morgan fingerprint density at radius 3 is 2.61 bits per heavy atom. The minimum atomic E-state index is -0.0911. The van der Waals surface area contributed by atoms with Gasteiger partial charge in [0.05, 0.1) is 21.6 Å². The van der Waals surface area contributed by atoms with Gasteiger partial charge in [0.15, 0.2) is 17.1 Å². The van der Waals surface area contributed by atoms with Crippen molar-refractivity contribution in [3.63, 3.8) is 0 Å². The van der Waals surface area contributed by atoms with E-state index in [0.29, 0.717) is 28.0 Å². The molecule has 6 rings (SSSR count). The second-order valence-corrected chi connectivity index (χ2v) is 6.76. The van der Waals surface area contributed by atoms with Crippen LogP contribution in [0, 0.1) is 0 Å². The fourth-order valence-electron chi connectivity index (χ4n) is 3.90. The van der Waals surface area contributed by atoms with Crippen LogP contribution < -0.4 is 20.4 Å². The van der Waals surface area contributed by atoms with Crippen LogP contribution >= 0.6 is 0 Å². The SMILES string of the molecule is O=c1c2ccccc2nc2c3c4c(ccc3/c(=C\c3ccccc3)n12)OCO4. The number of nitrogens with zero attached hydrogens (tertiary/aromatic N) is 2. The maximum Gasteiger partial charge on any atom is 0.266 e. The summed E-state index contributed by atoms with van der Waals surface area (Å²) in [5, 5.41) is 3.10. The Morgan fingerprint density at radius 1 is 0.893 bits per heavy atom. The van der Waals surface area contributed by atoms with Crippen LogP contribution in [0.2, 0.25) is 0 Å². The van der Waals surface area contributed by atoms with Crippen molar-refractivity contribution in [3.05, 3.63) is 88.0 Å². The molecule has 2 aromatic heterocycles. The van der Waals surface area contributed by atoms with Crippen LogP contribution in [0.5, 0.6) is 11.5 Å². The lowest BCUT2D eigenvalue weighted by molar-refractivity contribution is 0.175. The van der Waals surface area contributed by atoms with Crippen molar-refractivity contribution in [1.82, 2.24) is 9.38 Å². The van der Waals surface area contributed by atoms with E-state index in [-0.39, 0.29) is 12.4 Å². The molecule has 0 bridgehead atoms. The van der Waals surface area contributed by atoms with E-state index in [9.17, 15) is 4.79 Å². The third-order valence-corrected chi connectivity index (χ3v) is 5.16. The van der Waals surface area contributed by atoms with E-state index in [1.807, 2.05) is 72.8 Å². The van der Waals surface area contributed by atoms with Crippen molar-refractivity contribution >= 4 is 33.4 Å². The molecule has 0 atom stereocenters. The summed E-state index contributed by atoms with van der Waals surface area (Å²) in [5.41, 5.74) is 2.17. The van der Waals surface area contributed by atoms with Gasteiger partial charge in [-0.15, -0.1) is 0 Å². The molecule has 1 aliphatic heterocycles. The average Bonchev–Trinajstić information content (AvgIpc) is 3.32. The van der Waals surface area contributed by atoms with Crippen molar-refractivity contribution in [2.24, 2.45) is 0 Å². The Hall–Kier alpha value is -3.86. The lowest BCUT2D eigenvalue weighted by atomic mass is 10.1. The highest BCUT2D eigenvalue weighted by Gasteiger charge is 2.23. The number of benzene rings is 3. The van der Waals surface area contributed by atoms with Crippen molar-refractivity contribution < 1.29 is 9.47 Å². The van der Waals surface area contributed by atoms with Gasteiger partial charge in [0.2, 0.25) is 6.79 Å². The average molecular weight is 366 g/mol. The van der Waals surface area contributed by atoms with Crippen LogP contribution in [-0.4, -0.2) is 16.2 Å². The van der Waals surface area contributed by atoms with Gasteiger partial charge >= 0.3 is 0 Å². The zero-order chi connectivity index (χ0) is 18.7. The molecule has 0 unspecified atom stereocenters. The first-order valence-corrected chi connectivity index (χ1v) is 9.03. The summed E-state index contributed by atoms with van der Waals surface area (Å²) in [7, 11) is 0. The van der Waals surface area contributed by atoms with Crippen LogP contribution in [0.25, 0.3) is 33.4 Å². The van der Waals surface area contributed by atoms with E-state index in [1.54, 1.807) is 4.40 Å². The van der Waals surface area contributed by atoms with E-state index in [4.69, 9.17) is 14.5 Å². The third kappa shape index (κ3) is 2.01. The highest BCUT2D eigenvalue weighted by atomic mass is 16.7. The highest BCUT2D eigenvalue weighted by Crippen LogP contribution is 2.40. The number of para-hydroxylation sites is 1. The van der Waals surface area contributed by atoms with Gasteiger partial charge in [0.1, 0.15) is 0 Å². The first-order valence-electron chi connectivity index (χ1n) is 9.03. The van der Waals surface area contributed by atoms with Gasteiger partial charge in [0, 0.05) is 5.39 Å². The summed E-state index contributed by atoms with van der Waals surface area (Å²) in [4.78, 5) is 18.2. The van der Waals surface area contributed by atoms with Gasteiger partial charge in [0.25, 0.3) is 5.56 Å². The monoisotopic (exact) mass is 366 g/mol. The van der Waals surface area contributed by atoms with E-state index < -0.39 is 0 Å². The number of ether oxygens (including phenoxy) is 2. The number of hydrogen-bond acceptors (Lipinski definition) is 4. The molecule has 0 aliphatic carbocycles. The van der Waals surface area contributed by atoms with Crippen molar-refractivity contribution in [2.75, 3.05) is 6.79 Å². The Bertz CT molecular complexity index is 1500. The first-order chi connectivity index (χ1) is 13.8. The summed E-state index contributed by atoms with van der Waals surface area (Å²) < 4.78 is 13.0. The van der Waals surface area contributed by atoms with Gasteiger partial charge in [-0.1, -0.05) is 42.5 Å². The van der Waals surface area contributed by atoms with Crippen LogP contribution in [0.4, 0.5) is 0 Å². The molecule has 0 spiro atoms. The predicted molar refractivity (Wildman–Crippen MR) is 108 cm³/mol. The molecule has 0 radical (unpaired) electrons. The molecule has 0 N–H and O–H groups in total. The third-order valence-electron chi connectivity index (χ3n) is 5.16. The molecule has 0 saturated heterocycles.